The number of carbonyl (C=O) groups excluding carboxylic acids is 1. The molecule has 0 radical (unpaired) electrons. The van der Waals surface area contributed by atoms with Crippen LogP contribution in [0, 0.1) is 11.3 Å². The Balaban J connectivity index is 1.73. The van der Waals surface area contributed by atoms with Crippen molar-refractivity contribution in [2.75, 3.05) is 18.4 Å². The normalized spacial score (nSPS) is 26.8. The molecule has 1 aromatic rings. The van der Waals surface area contributed by atoms with E-state index >= 15 is 0 Å². The summed E-state index contributed by atoms with van der Waals surface area (Å²) in [6.07, 6.45) is 2.41. The van der Waals surface area contributed by atoms with Gasteiger partial charge in [-0.15, -0.1) is 0 Å². The van der Waals surface area contributed by atoms with Crippen LogP contribution in [0.25, 0.3) is 0 Å². The van der Waals surface area contributed by atoms with E-state index in [1.165, 1.54) is 0 Å². The van der Waals surface area contributed by atoms with Gasteiger partial charge in [-0.05, 0) is 37.0 Å². The molecule has 0 unspecified atom stereocenters. The molecule has 2 atom stereocenters. The van der Waals surface area contributed by atoms with Crippen LogP contribution >= 0.6 is 23.2 Å². The lowest BCUT2D eigenvalue weighted by atomic mass is 9.81. The molecule has 118 valence electrons. The van der Waals surface area contributed by atoms with Gasteiger partial charge in [0.1, 0.15) is 0 Å². The van der Waals surface area contributed by atoms with Crippen LogP contribution in [0.1, 0.15) is 19.3 Å². The van der Waals surface area contributed by atoms with Crippen LogP contribution in [-0.2, 0) is 4.79 Å². The fourth-order valence-corrected chi connectivity index (χ4v) is 4.15. The smallest absolute Gasteiger partial charge is 0.321 e. The van der Waals surface area contributed by atoms with Crippen molar-refractivity contribution in [1.29, 1.82) is 0 Å². The molecule has 1 heterocycles. The molecule has 5 nitrogen and oxygen atoms in total. The molecule has 1 aliphatic carbocycles. The second kappa shape index (κ2) is 5.63. The Labute approximate surface area is 138 Å². The van der Waals surface area contributed by atoms with Crippen molar-refractivity contribution in [1.82, 2.24) is 4.90 Å². The summed E-state index contributed by atoms with van der Waals surface area (Å²) in [5.41, 5.74) is -0.271. The monoisotopic (exact) mass is 342 g/mol. The van der Waals surface area contributed by atoms with E-state index < -0.39 is 11.4 Å². The van der Waals surface area contributed by atoms with Crippen molar-refractivity contribution >= 4 is 40.9 Å². The Morgan fingerprint density at radius 1 is 1.27 bits per heavy atom. The van der Waals surface area contributed by atoms with Crippen molar-refractivity contribution < 1.29 is 14.7 Å². The topological polar surface area (TPSA) is 69.6 Å². The van der Waals surface area contributed by atoms with Crippen molar-refractivity contribution in [3.8, 4) is 0 Å². The number of fused-ring (bicyclic) bond motifs is 1. The molecule has 1 saturated heterocycles. The quantitative estimate of drug-likeness (QED) is 0.860. The third-order valence-electron chi connectivity index (χ3n) is 4.70. The number of likely N-dealkylation sites (tertiary alicyclic amines) is 1. The molecule has 7 heteroatoms. The van der Waals surface area contributed by atoms with Gasteiger partial charge in [0, 0.05) is 28.8 Å². The van der Waals surface area contributed by atoms with Crippen LogP contribution in [0.4, 0.5) is 10.5 Å². The van der Waals surface area contributed by atoms with E-state index in [9.17, 15) is 14.7 Å². The lowest BCUT2D eigenvalue weighted by molar-refractivity contribution is -0.149. The number of halogens is 2. The number of urea groups is 1. The predicted octanol–water partition coefficient (Wildman–Crippen LogP) is 3.71. The average Bonchev–Trinajstić information content (AvgIpc) is 2.94. The third-order valence-corrected chi connectivity index (χ3v) is 5.13. The number of nitrogens with one attached hydrogen (secondary N) is 1. The molecule has 1 aliphatic heterocycles. The van der Waals surface area contributed by atoms with E-state index in [0.717, 1.165) is 12.8 Å². The summed E-state index contributed by atoms with van der Waals surface area (Å²) in [4.78, 5) is 25.6. The maximum Gasteiger partial charge on any atom is 0.321 e. The van der Waals surface area contributed by atoms with E-state index in [1.54, 1.807) is 23.1 Å². The highest BCUT2D eigenvalue weighted by molar-refractivity contribution is 6.35. The van der Waals surface area contributed by atoms with Gasteiger partial charge in [0.2, 0.25) is 0 Å². The average molecular weight is 343 g/mol. The van der Waals surface area contributed by atoms with Gasteiger partial charge in [0.05, 0.1) is 5.41 Å². The predicted molar refractivity (Wildman–Crippen MR) is 84.5 cm³/mol. The minimum Gasteiger partial charge on any atom is -0.481 e. The minimum absolute atomic E-state index is 0.0405. The van der Waals surface area contributed by atoms with Gasteiger partial charge < -0.3 is 15.3 Å². The zero-order valence-electron chi connectivity index (χ0n) is 11.8. The van der Waals surface area contributed by atoms with Gasteiger partial charge in [-0.3, -0.25) is 4.79 Å². The van der Waals surface area contributed by atoms with Gasteiger partial charge in [-0.25, -0.2) is 4.79 Å². The summed E-state index contributed by atoms with van der Waals surface area (Å²) < 4.78 is 0. The number of carboxylic acid groups (broad SMARTS) is 1. The van der Waals surface area contributed by atoms with Crippen LogP contribution < -0.4 is 5.32 Å². The number of hydrogen-bond acceptors (Lipinski definition) is 2. The van der Waals surface area contributed by atoms with E-state index in [2.05, 4.69) is 5.32 Å². The highest BCUT2D eigenvalue weighted by atomic mass is 35.5. The number of amides is 2. The molecular weight excluding hydrogens is 327 g/mol. The number of carbonyl (C=O) groups is 2. The molecular formula is C15H16Cl2N2O3. The Bertz CT molecular complexity index is 617. The molecule has 0 bridgehead atoms. The first-order chi connectivity index (χ1) is 10.4. The summed E-state index contributed by atoms with van der Waals surface area (Å²) in [7, 11) is 0. The van der Waals surface area contributed by atoms with Gasteiger partial charge in [0.25, 0.3) is 0 Å². The molecule has 0 spiro atoms. The fourth-order valence-electron chi connectivity index (χ4n) is 3.62. The van der Waals surface area contributed by atoms with Crippen molar-refractivity contribution in [3.05, 3.63) is 28.2 Å². The third kappa shape index (κ3) is 2.63. The SMILES string of the molecule is O=C(Nc1cc(Cl)cc(Cl)c1)N1C[C@@H]2CCC[C@@]2(C(=O)O)C1. The van der Waals surface area contributed by atoms with Gasteiger partial charge in [-0.2, -0.15) is 0 Å². The number of anilines is 1. The number of carboxylic acids is 1. The van der Waals surface area contributed by atoms with Crippen molar-refractivity contribution in [2.24, 2.45) is 11.3 Å². The molecule has 1 aromatic carbocycles. The standard InChI is InChI=1S/C15H16Cl2N2O3/c16-10-4-11(17)6-12(5-10)18-14(22)19-7-9-2-1-3-15(9,8-19)13(20)21/h4-6,9H,1-3,7-8H2,(H,18,22)(H,20,21)/t9-,15+/m0/s1. The molecule has 2 fully saturated rings. The second-order valence-electron chi connectivity index (χ2n) is 6.02. The second-order valence-corrected chi connectivity index (χ2v) is 6.89. The Morgan fingerprint density at radius 3 is 2.55 bits per heavy atom. The first kappa shape index (κ1) is 15.4. The van der Waals surface area contributed by atoms with Gasteiger partial charge in [0.15, 0.2) is 0 Å². The summed E-state index contributed by atoms with van der Waals surface area (Å²) in [6.45, 7) is 0.736. The number of hydrogen-bond donors (Lipinski definition) is 2. The first-order valence-electron chi connectivity index (χ1n) is 7.16. The molecule has 2 aliphatic rings. The van der Waals surface area contributed by atoms with E-state index in [4.69, 9.17) is 23.2 Å². The summed E-state index contributed by atoms with van der Waals surface area (Å²) in [6, 6.07) is 4.48. The minimum atomic E-state index is -0.795. The van der Waals surface area contributed by atoms with Crippen molar-refractivity contribution in [3.63, 3.8) is 0 Å². The Kier molecular flexibility index (Phi) is 3.95. The molecule has 22 heavy (non-hydrogen) atoms. The molecule has 0 aromatic heterocycles. The summed E-state index contributed by atoms with van der Waals surface area (Å²) >= 11 is 11.8. The fraction of sp³-hybridized carbons (Fsp3) is 0.467. The van der Waals surface area contributed by atoms with Crippen LogP contribution in [0.5, 0.6) is 0 Å². The van der Waals surface area contributed by atoms with Crippen LogP contribution in [-0.4, -0.2) is 35.1 Å². The number of nitrogens with zero attached hydrogens (tertiary/aromatic N) is 1. The first-order valence-corrected chi connectivity index (χ1v) is 7.92. The van der Waals surface area contributed by atoms with E-state index in [0.29, 0.717) is 28.7 Å². The number of rotatable bonds is 2. The molecule has 1 saturated carbocycles. The largest absolute Gasteiger partial charge is 0.481 e. The maximum atomic E-state index is 12.4. The molecule has 3 rings (SSSR count). The lowest BCUT2D eigenvalue weighted by Gasteiger charge is -2.23. The number of aliphatic carboxylic acids is 1. The Hall–Kier alpha value is -1.46. The van der Waals surface area contributed by atoms with E-state index in [1.807, 2.05) is 0 Å². The van der Waals surface area contributed by atoms with Crippen LogP contribution in [0.15, 0.2) is 18.2 Å². The van der Waals surface area contributed by atoms with Crippen LogP contribution in [0.3, 0.4) is 0 Å². The maximum absolute atomic E-state index is 12.4. The summed E-state index contributed by atoms with van der Waals surface area (Å²) in [5, 5.41) is 13.1. The van der Waals surface area contributed by atoms with Crippen molar-refractivity contribution in [2.45, 2.75) is 19.3 Å². The Morgan fingerprint density at radius 2 is 1.95 bits per heavy atom. The highest BCUT2D eigenvalue weighted by Gasteiger charge is 2.55. The zero-order valence-corrected chi connectivity index (χ0v) is 13.3. The lowest BCUT2D eigenvalue weighted by Crippen LogP contribution is -2.38. The van der Waals surface area contributed by atoms with Gasteiger partial charge >= 0.3 is 12.0 Å². The highest BCUT2D eigenvalue weighted by Crippen LogP contribution is 2.48. The summed E-state index contributed by atoms with van der Waals surface area (Å²) in [5.74, 6) is -0.755. The number of benzene rings is 1. The molecule has 2 N–H and O–H groups in total. The van der Waals surface area contributed by atoms with E-state index in [-0.39, 0.29) is 18.5 Å². The zero-order chi connectivity index (χ0) is 15.9. The van der Waals surface area contributed by atoms with Crippen LogP contribution in [0.2, 0.25) is 10.0 Å². The molecule has 2 amide bonds. The van der Waals surface area contributed by atoms with Gasteiger partial charge in [-0.1, -0.05) is 29.6 Å².